The molecule has 166 valence electrons. The molecule has 2 aromatic carbocycles. The fraction of sp³-hybridized carbons (Fsp3) is 0.250. The van der Waals surface area contributed by atoms with E-state index in [0.29, 0.717) is 6.54 Å². The molecule has 0 radical (unpaired) electrons. The summed E-state index contributed by atoms with van der Waals surface area (Å²) in [5.74, 6) is 0. The van der Waals surface area contributed by atoms with E-state index in [2.05, 4.69) is 52.5 Å². The maximum Gasteiger partial charge on any atom is 0.322 e. The molecule has 0 fully saturated rings. The van der Waals surface area contributed by atoms with Crippen LogP contribution in [-0.2, 0) is 19.4 Å². The third kappa shape index (κ3) is 3.47. The Balaban J connectivity index is 1.50. The highest BCUT2D eigenvalue weighted by atomic mass is 32.1. The quantitative estimate of drug-likeness (QED) is 0.354. The predicted molar refractivity (Wildman–Crippen MR) is 134 cm³/mol. The smallest absolute Gasteiger partial charge is 0.310 e. The van der Waals surface area contributed by atoms with Gasteiger partial charge in [-0.1, -0.05) is 48.5 Å². The fourth-order valence-electron chi connectivity index (χ4n) is 5.27. The van der Waals surface area contributed by atoms with E-state index in [1.165, 1.54) is 33.8 Å². The molecule has 3 heterocycles. The third-order valence-electron chi connectivity index (χ3n) is 6.94. The van der Waals surface area contributed by atoms with E-state index >= 15 is 0 Å². The van der Waals surface area contributed by atoms with E-state index in [9.17, 15) is 4.79 Å². The molecule has 0 bridgehead atoms. The second-order valence-electron chi connectivity index (χ2n) is 8.98. The van der Waals surface area contributed by atoms with Gasteiger partial charge in [0.1, 0.15) is 5.00 Å². The zero-order chi connectivity index (χ0) is 22.4. The molecule has 0 spiro atoms. The predicted octanol–water partition coefficient (Wildman–Crippen LogP) is 6.86. The van der Waals surface area contributed by atoms with Gasteiger partial charge in [-0.25, -0.2) is 4.79 Å². The SMILES string of the molecule is Cc1ccccc1NC(=O)N1Cc2c(sc3c2CCCC3)-n2cccc2[C@@H]1c1ccccc1. The van der Waals surface area contributed by atoms with Crippen LogP contribution in [0.3, 0.4) is 0 Å². The van der Waals surface area contributed by atoms with Gasteiger partial charge < -0.3 is 14.8 Å². The first kappa shape index (κ1) is 20.3. The van der Waals surface area contributed by atoms with Crippen LogP contribution in [0.25, 0.3) is 5.00 Å². The Kier molecular flexibility index (Phi) is 5.07. The number of thiophene rings is 1. The van der Waals surface area contributed by atoms with Crippen molar-refractivity contribution in [3.05, 3.63) is 106 Å². The summed E-state index contributed by atoms with van der Waals surface area (Å²) in [4.78, 5) is 17.4. The van der Waals surface area contributed by atoms with Gasteiger partial charge in [0.05, 0.1) is 18.3 Å². The van der Waals surface area contributed by atoms with Crippen LogP contribution >= 0.6 is 11.3 Å². The monoisotopic (exact) mass is 453 g/mol. The summed E-state index contributed by atoms with van der Waals surface area (Å²) in [5, 5.41) is 4.50. The summed E-state index contributed by atoms with van der Waals surface area (Å²) in [6.45, 7) is 2.64. The molecule has 0 saturated carbocycles. The van der Waals surface area contributed by atoms with Crippen molar-refractivity contribution < 1.29 is 4.79 Å². The van der Waals surface area contributed by atoms with E-state index in [0.717, 1.165) is 35.3 Å². The molecule has 2 aliphatic rings. The maximum absolute atomic E-state index is 13.9. The normalized spacial score (nSPS) is 17.0. The lowest BCUT2D eigenvalue weighted by molar-refractivity contribution is 0.194. The number of hydrogen-bond acceptors (Lipinski definition) is 2. The van der Waals surface area contributed by atoms with Gasteiger partial charge in [-0.05, 0) is 67.5 Å². The summed E-state index contributed by atoms with van der Waals surface area (Å²) >= 11 is 1.92. The first-order valence-corrected chi connectivity index (χ1v) is 12.5. The number of amides is 2. The highest BCUT2D eigenvalue weighted by Crippen LogP contribution is 2.44. The van der Waals surface area contributed by atoms with Crippen LogP contribution in [0, 0.1) is 6.92 Å². The first-order valence-electron chi connectivity index (χ1n) is 11.7. The summed E-state index contributed by atoms with van der Waals surface area (Å²) < 4.78 is 2.33. The number of nitrogens with zero attached hydrogens (tertiary/aromatic N) is 2. The molecule has 2 aromatic heterocycles. The van der Waals surface area contributed by atoms with E-state index in [4.69, 9.17) is 0 Å². The van der Waals surface area contributed by atoms with Crippen LogP contribution in [0.4, 0.5) is 10.5 Å². The van der Waals surface area contributed by atoms with Gasteiger partial charge in [-0.15, -0.1) is 11.3 Å². The number of benzene rings is 2. The second kappa shape index (κ2) is 8.23. The number of hydrogen-bond donors (Lipinski definition) is 1. The van der Waals surface area contributed by atoms with Crippen molar-refractivity contribution in [3.63, 3.8) is 0 Å². The number of fused-ring (bicyclic) bond motifs is 5. The van der Waals surface area contributed by atoms with Gasteiger partial charge in [0.15, 0.2) is 0 Å². The minimum absolute atomic E-state index is 0.0606. The Morgan fingerprint density at radius 1 is 0.939 bits per heavy atom. The van der Waals surface area contributed by atoms with Crippen molar-refractivity contribution in [2.75, 3.05) is 5.32 Å². The molecule has 6 rings (SSSR count). The molecular weight excluding hydrogens is 426 g/mol. The van der Waals surface area contributed by atoms with Crippen LogP contribution in [-0.4, -0.2) is 15.5 Å². The summed E-state index contributed by atoms with van der Waals surface area (Å²) in [6, 6.07) is 22.4. The zero-order valence-electron chi connectivity index (χ0n) is 18.8. The summed E-state index contributed by atoms with van der Waals surface area (Å²) in [5.41, 5.74) is 6.99. The van der Waals surface area contributed by atoms with Crippen LogP contribution < -0.4 is 5.32 Å². The molecule has 1 N–H and O–H groups in total. The number of aromatic nitrogens is 1. The minimum Gasteiger partial charge on any atom is -0.310 e. The topological polar surface area (TPSA) is 37.3 Å². The number of anilines is 1. The van der Waals surface area contributed by atoms with Crippen molar-refractivity contribution >= 4 is 23.1 Å². The van der Waals surface area contributed by atoms with E-state index in [1.807, 2.05) is 53.5 Å². The van der Waals surface area contributed by atoms with E-state index in [-0.39, 0.29) is 12.1 Å². The Morgan fingerprint density at radius 3 is 2.58 bits per heavy atom. The number of carbonyl (C=O) groups excluding carboxylic acids is 1. The number of nitrogens with one attached hydrogen (secondary N) is 1. The second-order valence-corrected chi connectivity index (χ2v) is 10.1. The Morgan fingerprint density at radius 2 is 1.73 bits per heavy atom. The molecule has 1 aliphatic heterocycles. The molecule has 0 unspecified atom stereocenters. The lowest BCUT2D eigenvalue weighted by atomic mass is 9.95. The first-order chi connectivity index (χ1) is 16.2. The van der Waals surface area contributed by atoms with Crippen LogP contribution in [0.5, 0.6) is 0 Å². The van der Waals surface area contributed by atoms with Gasteiger partial charge in [0.2, 0.25) is 0 Å². The molecule has 1 atom stereocenters. The lowest BCUT2D eigenvalue weighted by Crippen LogP contribution is -2.38. The van der Waals surface area contributed by atoms with Gasteiger partial charge in [-0.3, -0.25) is 0 Å². The Hall–Kier alpha value is -3.31. The highest BCUT2D eigenvalue weighted by molar-refractivity contribution is 7.15. The van der Waals surface area contributed by atoms with E-state index in [1.54, 1.807) is 0 Å². The van der Waals surface area contributed by atoms with Crippen LogP contribution in [0.15, 0.2) is 72.9 Å². The van der Waals surface area contributed by atoms with Crippen molar-refractivity contribution in [3.8, 4) is 5.00 Å². The Labute approximate surface area is 198 Å². The van der Waals surface area contributed by atoms with Crippen molar-refractivity contribution in [2.45, 2.75) is 45.2 Å². The highest BCUT2D eigenvalue weighted by Gasteiger charge is 2.36. The molecule has 33 heavy (non-hydrogen) atoms. The van der Waals surface area contributed by atoms with Gasteiger partial charge in [0, 0.05) is 22.3 Å². The molecule has 2 amide bonds. The number of para-hydroxylation sites is 1. The van der Waals surface area contributed by atoms with Gasteiger partial charge >= 0.3 is 6.03 Å². The van der Waals surface area contributed by atoms with Crippen molar-refractivity contribution in [1.82, 2.24) is 9.47 Å². The Bertz CT molecular complexity index is 1320. The number of urea groups is 1. The van der Waals surface area contributed by atoms with Gasteiger partial charge in [-0.2, -0.15) is 0 Å². The van der Waals surface area contributed by atoms with Gasteiger partial charge in [0.25, 0.3) is 0 Å². The van der Waals surface area contributed by atoms with Crippen LogP contribution in [0.2, 0.25) is 0 Å². The minimum atomic E-state index is -0.163. The zero-order valence-corrected chi connectivity index (χ0v) is 19.6. The average molecular weight is 454 g/mol. The molecule has 4 aromatic rings. The summed E-state index contributed by atoms with van der Waals surface area (Å²) in [6.07, 6.45) is 6.91. The standard InChI is InChI=1S/C28H27N3OS/c1-19-10-5-7-14-23(19)29-28(32)31-18-22-21-13-6-8-16-25(21)33-27(22)30-17-9-15-24(30)26(31)20-11-3-2-4-12-20/h2-5,7,9-12,14-15,17,26H,6,8,13,16,18H2,1H3,(H,29,32)/t26-/m0/s1. The fourth-order valence-corrected chi connectivity index (χ4v) is 6.68. The number of rotatable bonds is 2. The average Bonchev–Trinajstić information content (AvgIpc) is 3.43. The third-order valence-corrected chi connectivity index (χ3v) is 8.28. The molecular formula is C28H27N3OS. The van der Waals surface area contributed by atoms with Crippen molar-refractivity contribution in [2.24, 2.45) is 0 Å². The molecule has 0 saturated heterocycles. The van der Waals surface area contributed by atoms with Crippen LogP contribution in [0.1, 0.15) is 51.7 Å². The van der Waals surface area contributed by atoms with Crippen molar-refractivity contribution in [1.29, 1.82) is 0 Å². The molecule has 5 heteroatoms. The maximum atomic E-state index is 13.9. The summed E-state index contributed by atoms with van der Waals surface area (Å²) in [7, 11) is 0. The molecule has 1 aliphatic carbocycles. The number of aryl methyl sites for hydroxylation is 2. The largest absolute Gasteiger partial charge is 0.322 e. The number of carbonyl (C=O) groups is 1. The molecule has 4 nitrogen and oxygen atoms in total. The lowest BCUT2D eigenvalue weighted by Gasteiger charge is -2.31. The van der Waals surface area contributed by atoms with E-state index < -0.39 is 0 Å².